The Morgan fingerprint density at radius 1 is 1.18 bits per heavy atom. The van der Waals surface area contributed by atoms with Crippen LogP contribution in [-0.2, 0) is 38.1 Å². The predicted octanol–water partition coefficient (Wildman–Crippen LogP) is -3.24. The predicted molar refractivity (Wildman–Crippen MR) is 91.2 cm³/mol. The number of ether oxygens (including phenoxy) is 1. The topological polar surface area (TPSA) is 173 Å². The van der Waals surface area contributed by atoms with Gasteiger partial charge in [-0.15, -0.1) is 0 Å². The van der Waals surface area contributed by atoms with Crippen LogP contribution in [0.15, 0.2) is 16.9 Å². The number of halogens is 5. The molecule has 12 nitrogen and oxygen atoms in total. The number of hydrogen-bond acceptors (Lipinski definition) is 9. The van der Waals surface area contributed by atoms with Crippen LogP contribution in [0.2, 0.25) is 0 Å². The summed E-state index contributed by atoms with van der Waals surface area (Å²) in [5, 5.41) is 11.4. The van der Waals surface area contributed by atoms with Gasteiger partial charge in [-0.3, -0.25) is 9.48 Å². The monoisotopic (exact) mass is 514 g/mol. The van der Waals surface area contributed by atoms with Gasteiger partial charge < -0.3 is 19.7 Å². The molecule has 0 aliphatic rings. The second kappa shape index (κ2) is 19.9. The van der Waals surface area contributed by atoms with E-state index >= 15 is 0 Å². The minimum absolute atomic E-state index is 0. The van der Waals surface area contributed by atoms with Crippen molar-refractivity contribution in [1.82, 2.24) is 19.6 Å². The van der Waals surface area contributed by atoms with E-state index in [0.717, 1.165) is 5.69 Å². The van der Waals surface area contributed by atoms with Gasteiger partial charge in [0, 0.05) is 31.9 Å². The van der Waals surface area contributed by atoms with Gasteiger partial charge in [-0.05, 0) is 25.4 Å². The number of hydrogen-bond donors (Lipinski definition) is 1. The molecule has 0 aliphatic carbocycles. The fraction of sp³-hybridized carbons (Fsp3) is 0.400. The second-order valence-electron chi connectivity index (χ2n) is 4.91. The van der Waals surface area contributed by atoms with Crippen molar-refractivity contribution < 1.29 is 80.9 Å². The molecule has 0 saturated carbocycles. The molecule has 0 aliphatic heterocycles. The number of alkyl halides is 5. The largest absolute Gasteiger partial charge is 1.00 e. The van der Waals surface area contributed by atoms with Crippen LogP contribution >= 0.6 is 11.6 Å². The maximum Gasteiger partial charge on any atom is 1.00 e. The summed E-state index contributed by atoms with van der Waals surface area (Å²) in [5.41, 5.74) is 1.57. The fourth-order valence-corrected chi connectivity index (χ4v) is 1.42. The average molecular weight is 515 g/mol. The van der Waals surface area contributed by atoms with Crippen LogP contribution < -0.4 is 45.0 Å². The Kier molecular flexibility index (Phi) is 22.7. The van der Waals surface area contributed by atoms with Crippen molar-refractivity contribution in [2.24, 2.45) is 14.1 Å². The number of carbonyl (C=O) groups is 1. The van der Waals surface area contributed by atoms with Crippen molar-refractivity contribution in [2.45, 2.75) is 25.8 Å². The Morgan fingerprint density at radius 3 is 1.73 bits per heavy atom. The first-order valence-electron chi connectivity index (χ1n) is 7.52. The van der Waals surface area contributed by atoms with Gasteiger partial charge in [0.1, 0.15) is 5.97 Å². The summed E-state index contributed by atoms with van der Waals surface area (Å²) in [4.78, 5) is 52.1. The minimum Gasteiger partial charge on any atom is -0.543 e. The zero-order chi connectivity index (χ0) is 26.1. The number of aromatic nitrogens is 4. The van der Waals surface area contributed by atoms with Crippen molar-refractivity contribution >= 4 is 29.9 Å². The molecule has 18 heteroatoms. The van der Waals surface area contributed by atoms with Gasteiger partial charge in [-0.25, -0.2) is 4.68 Å². The molecule has 0 unspecified atom stereocenters. The minimum atomic E-state index is -4.22. The first-order chi connectivity index (χ1) is 14.6. The van der Waals surface area contributed by atoms with Gasteiger partial charge >= 0.3 is 53.9 Å². The Bertz CT molecular complexity index is 935. The number of aromatic amines is 1. The summed E-state index contributed by atoms with van der Waals surface area (Å²) in [5.74, 6) is -2.49. The summed E-state index contributed by atoms with van der Waals surface area (Å²) in [6, 6.07) is 3.01. The third-order valence-electron chi connectivity index (χ3n) is 2.41. The van der Waals surface area contributed by atoms with Crippen molar-refractivity contribution in [1.29, 1.82) is 0 Å². The van der Waals surface area contributed by atoms with E-state index in [1.165, 1.54) is 15.4 Å². The molecule has 2 aromatic heterocycles. The molecule has 0 atom stereocenters. The molecule has 180 valence electrons. The van der Waals surface area contributed by atoms with E-state index in [1.54, 1.807) is 27.1 Å². The van der Waals surface area contributed by atoms with Crippen LogP contribution in [0.25, 0.3) is 0 Å². The van der Waals surface area contributed by atoms with Crippen LogP contribution in [0.5, 0.6) is 5.88 Å². The average Bonchev–Trinajstić information content (AvgIpc) is 3.08. The maximum absolute atomic E-state index is 11.6. The molecule has 0 spiro atoms. The quantitative estimate of drug-likeness (QED) is 0.251. The number of carbonyl (C=O) groups excluding carboxylic acids is 5. The number of nitrogens with one attached hydrogen (secondary N) is 1. The smallest absolute Gasteiger partial charge is 0.543 e. The van der Waals surface area contributed by atoms with Gasteiger partial charge in [0.15, 0.2) is 0 Å². The third kappa shape index (κ3) is 22.3. The van der Waals surface area contributed by atoms with Crippen LogP contribution in [-0.4, -0.2) is 49.8 Å². The maximum atomic E-state index is 11.6. The summed E-state index contributed by atoms with van der Waals surface area (Å²) in [6.45, 7) is 0.768. The molecule has 0 saturated heterocycles. The van der Waals surface area contributed by atoms with Crippen LogP contribution in [0.4, 0.5) is 17.6 Å². The first kappa shape index (κ1) is 37.6. The molecule has 1 N–H and O–H groups in total. The standard InChI is InChI=1S/C6H8F2N2O.C5H8N2O.C2HClF2O2.2CO2.Na/c1-4-3-5(10(2)9-4)11-6(7)8;1-4-3-5(8)7(2)6-4;3-2(4,5)1(6)7;2*2-1-3;/h3,6H,1-2H3;3,6H,1-2H3;(H,6,7);;;/q;;;;;+1/p-1. The number of carboxylic acid groups (broad SMARTS) is 1. The molecule has 0 aromatic carbocycles. The van der Waals surface area contributed by atoms with E-state index in [4.69, 9.17) is 29.1 Å². The van der Waals surface area contributed by atoms with Crippen molar-refractivity contribution in [3.63, 3.8) is 0 Å². The number of aliphatic carboxylic acids is 1. The zero-order valence-corrected chi connectivity index (χ0v) is 20.5. The van der Waals surface area contributed by atoms with E-state index in [9.17, 15) is 22.4 Å². The summed E-state index contributed by atoms with van der Waals surface area (Å²) >= 11 is 3.87. The van der Waals surface area contributed by atoms with Crippen LogP contribution in [0, 0.1) is 13.8 Å². The van der Waals surface area contributed by atoms with Gasteiger partial charge in [0.05, 0.1) is 5.69 Å². The van der Waals surface area contributed by atoms with E-state index in [2.05, 4.69) is 26.5 Å². The molecule has 2 heterocycles. The second-order valence-corrected chi connectivity index (χ2v) is 5.39. The zero-order valence-electron chi connectivity index (χ0n) is 17.7. The molecule has 0 fully saturated rings. The van der Waals surface area contributed by atoms with Crippen LogP contribution in [0.3, 0.4) is 0 Å². The van der Waals surface area contributed by atoms with Gasteiger partial charge in [-0.2, -0.15) is 41.8 Å². The molecule has 0 amide bonds. The number of H-pyrrole nitrogens is 1. The number of nitrogens with zero attached hydrogens (tertiary/aromatic N) is 3. The Balaban J connectivity index is -0.000000172. The number of rotatable bonds is 3. The summed E-state index contributed by atoms with van der Waals surface area (Å²) in [6.07, 6.45) is 0.500. The van der Waals surface area contributed by atoms with E-state index in [1.807, 2.05) is 6.92 Å². The Morgan fingerprint density at radius 2 is 1.58 bits per heavy atom. The molecular weight excluding hydrogens is 499 g/mol. The molecule has 2 rings (SSSR count). The summed E-state index contributed by atoms with van der Waals surface area (Å²) in [7, 11) is 3.24. The fourth-order valence-electron chi connectivity index (χ4n) is 1.42. The van der Waals surface area contributed by atoms with E-state index in [0.29, 0.717) is 5.69 Å². The van der Waals surface area contributed by atoms with Crippen molar-refractivity contribution in [3.05, 3.63) is 33.9 Å². The molecular formula is C15H16ClF4N4NaO8. The van der Waals surface area contributed by atoms with Crippen molar-refractivity contribution in [3.8, 4) is 5.88 Å². The molecule has 2 aromatic rings. The summed E-state index contributed by atoms with van der Waals surface area (Å²) < 4.78 is 52.0. The van der Waals surface area contributed by atoms with Crippen LogP contribution in [0.1, 0.15) is 11.4 Å². The third-order valence-corrected chi connectivity index (χ3v) is 2.57. The van der Waals surface area contributed by atoms with E-state index < -0.39 is 18.0 Å². The molecule has 33 heavy (non-hydrogen) atoms. The Labute approximate surface area is 209 Å². The SMILES string of the molecule is Cc1cc(=O)n(C)[nH]1.Cc1cc(OC(F)F)n(C)n1.O=C([O-])C(F)(F)Cl.O=C=O.O=C=O.[Na+]. The first-order valence-corrected chi connectivity index (χ1v) is 7.89. The van der Waals surface area contributed by atoms with E-state index in [-0.39, 0.29) is 53.3 Å². The molecule has 0 radical (unpaired) electrons. The van der Waals surface area contributed by atoms with Gasteiger partial charge in [-0.1, -0.05) is 0 Å². The normalized spacial score (nSPS) is 8.79. The number of carboxylic acids is 1. The van der Waals surface area contributed by atoms with Gasteiger partial charge in [0.25, 0.3) is 5.56 Å². The molecule has 0 bridgehead atoms. The van der Waals surface area contributed by atoms with Crippen molar-refractivity contribution in [2.75, 3.05) is 0 Å². The van der Waals surface area contributed by atoms with Gasteiger partial charge in [0.2, 0.25) is 5.88 Å². The number of aryl methyl sites for hydroxylation is 4. The Hall–Kier alpha value is -2.74.